The van der Waals surface area contributed by atoms with Gasteiger partial charge in [0.15, 0.2) is 0 Å². The van der Waals surface area contributed by atoms with E-state index in [1.807, 2.05) is 45.0 Å². The smallest absolute Gasteiger partial charge is 0.321 e. The Morgan fingerprint density at radius 1 is 0.938 bits per heavy atom. The van der Waals surface area contributed by atoms with Gasteiger partial charge in [-0.1, -0.05) is 38.1 Å². The maximum absolute atomic E-state index is 13.9. The third-order valence-corrected chi connectivity index (χ3v) is 5.49. The molecule has 8 heteroatoms. The minimum Gasteiger partial charge on any atom is -0.340 e. The number of halogens is 1. The zero-order valence-electron chi connectivity index (χ0n) is 18.6. The largest absolute Gasteiger partial charge is 0.340 e. The SMILES string of the molecule is Cc1cccc(NC(=O)N2CCN(C(=O)C(NC(=O)c3ccccc3F)C(C)C)CC2)c1. The number of aryl methyl sites for hydroxylation is 1. The Morgan fingerprint density at radius 3 is 2.22 bits per heavy atom. The lowest BCUT2D eigenvalue weighted by Crippen LogP contribution is -2.57. The van der Waals surface area contributed by atoms with Crippen LogP contribution < -0.4 is 10.6 Å². The minimum absolute atomic E-state index is 0.0939. The van der Waals surface area contributed by atoms with E-state index in [1.54, 1.807) is 15.9 Å². The van der Waals surface area contributed by atoms with E-state index in [2.05, 4.69) is 10.6 Å². The van der Waals surface area contributed by atoms with Crippen LogP contribution in [0, 0.1) is 18.7 Å². The van der Waals surface area contributed by atoms with E-state index < -0.39 is 17.8 Å². The fraction of sp³-hybridized carbons (Fsp3) is 0.375. The van der Waals surface area contributed by atoms with Crippen LogP contribution in [0.15, 0.2) is 48.5 Å². The lowest BCUT2D eigenvalue weighted by atomic mass is 10.0. The number of urea groups is 1. The van der Waals surface area contributed by atoms with Gasteiger partial charge in [0.25, 0.3) is 5.91 Å². The van der Waals surface area contributed by atoms with E-state index in [1.165, 1.54) is 18.2 Å². The Hall–Kier alpha value is -3.42. The van der Waals surface area contributed by atoms with Crippen molar-refractivity contribution in [2.75, 3.05) is 31.5 Å². The molecule has 32 heavy (non-hydrogen) atoms. The highest BCUT2D eigenvalue weighted by Gasteiger charge is 2.32. The number of benzene rings is 2. The normalized spacial score (nSPS) is 14.8. The molecule has 170 valence electrons. The van der Waals surface area contributed by atoms with Crippen molar-refractivity contribution in [2.45, 2.75) is 26.8 Å². The van der Waals surface area contributed by atoms with Crippen molar-refractivity contribution in [3.63, 3.8) is 0 Å². The van der Waals surface area contributed by atoms with Crippen molar-refractivity contribution in [2.24, 2.45) is 5.92 Å². The molecule has 1 aliphatic heterocycles. The predicted molar refractivity (Wildman–Crippen MR) is 121 cm³/mol. The summed E-state index contributed by atoms with van der Waals surface area (Å²) in [4.78, 5) is 41.5. The van der Waals surface area contributed by atoms with Gasteiger partial charge in [0, 0.05) is 31.9 Å². The molecule has 2 aromatic rings. The zero-order chi connectivity index (χ0) is 23.3. The van der Waals surface area contributed by atoms with Crippen molar-refractivity contribution >= 4 is 23.5 Å². The monoisotopic (exact) mass is 440 g/mol. The van der Waals surface area contributed by atoms with Gasteiger partial charge in [-0.25, -0.2) is 9.18 Å². The van der Waals surface area contributed by atoms with Crippen molar-refractivity contribution in [3.05, 3.63) is 65.5 Å². The summed E-state index contributed by atoms with van der Waals surface area (Å²) in [5.41, 5.74) is 1.68. The van der Waals surface area contributed by atoms with Crippen LogP contribution in [0.3, 0.4) is 0 Å². The standard InChI is InChI=1S/C24H29FN4O3/c1-16(2)21(27-22(30)19-9-4-5-10-20(19)25)23(31)28-11-13-29(14-12-28)24(32)26-18-8-6-7-17(3)15-18/h4-10,15-16,21H,11-14H2,1-3H3,(H,26,32)(H,27,30). The van der Waals surface area contributed by atoms with Crippen LogP contribution in [0.4, 0.5) is 14.9 Å². The summed E-state index contributed by atoms with van der Waals surface area (Å²) in [7, 11) is 0. The molecule has 0 aliphatic carbocycles. The van der Waals surface area contributed by atoms with Gasteiger partial charge < -0.3 is 20.4 Å². The van der Waals surface area contributed by atoms with Crippen LogP contribution in [0.2, 0.25) is 0 Å². The summed E-state index contributed by atoms with van der Waals surface area (Å²) >= 11 is 0. The first kappa shape index (κ1) is 23.2. The number of nitrogens with one attached hydrogen (secondary N) is 2. The van der Waals surface area contributed by atoms with Gasteiger partial charge in [-0.05, 0) is 42.7 Å². The number of anilines is 1. The first-order chi connectivity index (χ1) is 15.3. The van der Waals surface area contributed by atoms with Gasteiger partial charge in [-0.2, -0.15) is 0 Å². The van der Waals surface area contributed by atoms with Gasteiger partial charge in [0.2, 0.25) is 5.91 Å². The molecular weight excluding hydrogens is 411 g/mol. The maximum Gasteiger partial charge on any atom is 0.321 e. The second-order valence-corrected chi connectivity index (χ2v) is 8.29. The first-order valence-electron chi connectivity index (χ1n) is 10.7. The molecule has 1 unspecified atom stereocenters. The highest BCUT2D eigenvalue weighted by molar-refractivity contribution is 5.98. The van der Waals surface area contributed by atoms with E-state index in [0.29, 0.717) is 26.2 Å². The Bertz CT molecular complexity index is 987. The molecule has 0 radical (unpaired) electrons. The van der Waals surface area contributed by atoms with Crippen molar-refractivity contribution in [1.82, 2.24) is 15.1 Å². The molecule has 7 nitrogen and oxygen atoms in total. The Balaban J connectivity index is 1.58. The molecule has 0 spiro atoms. The summed E-state index contributed by atoms with van der Waals surface area (Å²) in [6.45, 7) is 7.10. The Labute approximate surface area is 187 Å². The van der Waals surface area contributed by atoms with E-state index in [9.17, 15) is 18.8 Å². The van der Waals surface area contributed by atoms with Crippen LogP contribution in [0.1, 0.15) is 29.8 Å². The average molecular weight is 441 g/mol. The highest BCUT2D eigenvalue weighted by atomic mass is 19.1. The molecule has 4 amide bonds. The van der Waals surface area contributed by atoms with Crippen LogP contribution in [0.5, 0.6) is 0 Å². The first-order valence-corrected chi connectivity index (χ1v) is 10.7. The van der Waals surface area contributed by atoms with E-state index in [4.69, 9.17) is 0 Å². The number of amides is 4. The van der Waals surface area contributed by atoms with Crippen LogP contribution in [0.25, 0.3) is 0 Å². The summed E-state index contributed by atoms with van der Waals surface area (Å²) in [5.74, 6) is -1.66. The number of hydrogen-bond donors (Lipinski definition) is 2. The summed E-state index contributed by atoms with van der Waals surface area (Å²) in [6, 6.07) is 12.2. The Kier molecular flexibility index (Phi) is 7.45. The molecule has 1 saturated heterocycles. The molecule has 2 N–H and O–H groups in total. The molecule has 2 aromatic carbocycles. The van der Waals surface area contributed by atoms with Crippen LogP contribution >= 0.6 is 0 Å². The molecule has 1 atom stereocenters. The molecule has 3 rings (SSSR count). The quantitative estimate of drug-likeness (QED) is 0.749. The summed E-state index contributed by atoms with van der Waals surface area (Å²) < 4.78 is 13.9. The minimum atomic E-state index is -0.783. The van der Waals surface area contributed by atoms with E-state index >= 15 is 0 Å². The zero-order valence-corrected chi connectivity index (χ0v) is 18.6. The number of nitrogens with zero attached hydrogens (tertiary/aromatic N) is 2. The molecule has 1 heterocycles. The predicted octanol–water partition coefficient (Wildman–Crippen LogP) is 3.26. The fourth-order valence-corrected chi connectivity index (χ4v) is 3.63. The molecule has 1 aliphatic rings. The van der Waals surface area contributed by atoms with E-state index in [-0.39, 0.29) is 23.4 Å². The third kappa shape index (κ3) is 5.63. The molecule has 0 bridgehead atoms. The lowest BCUT2D eigenvalue weighted by molar-refractivity contribution is -0.135. The average Bonchev–Trinajstić information content (AvgIpc) is 2.77. The fourth-order valence-electron chi connectivity index (χ4n) is 3.63. The van der Waals surface area contributed by atoms with Crippen molar-refractivity contribution in [1.29, 1.82) is 0 Å². The van der Waals surface area contributed by atoms with Crippen molar-refractivity contribution in [3.8, 4) is 0 Å². The molecule has 0 aromatic heterocycles. The number of carbonyl (C=O) groups is 3. The second kappa shape index (κ2) is 10.3. The Morgan fingerprint density at radius 2 is 1.59 bits per heavy atom. The molecule has 0 saturated carbocycles. The van der Waals surface area contributed by atoms with E-state index in [0.717, 1.165) is 11.3 Å². The molecular formula is C24H29FN4O3. The van der Waals surface area contributed by atoms with Gasteiger partial charge in [-0.3, -0.25) is 9.59 Å². The van der Waals surface area contributed by atoms with Crippen molar-refractivity contribution < 1.29 is 18.8 Å². The van der Waals surface area contributed by atoms with Gasteiger partial charge in [0.1, 0.15) is 11.9 Å². The summed E-state index contributed by atoms with van der Waals surface area (Å²) in [6.07, 6.45) is 0. The third-order valence-electron chi connectivity index (χ3n) is 5.49. The second-order valence-electron chi connectivity index (χ2n) is 8.29. The van der Waals surface area contributed by atoms with Gasteiger partial charge >= 0.3 is 6.03 Å². The number of rotatable bonds is 5. The molecule has 1 fully saturated rings. The summed E-state index contributed by atoms with van der Waals surface area (Å²) in [5, 5.41) is 5.56. The van der Waals surface area contributed by atoms with Gasteiger partial charge in [-0.15, -0.1) is 0 Å². The maximum atomic E-state index is 13.9. The van der Waals surface area contributed by atoms with Gasteiger partial charge in [0.05, 0.1) is 5.56 Å². The van der Waals surface area contributed by atoms with Crippen LogP contribution in [-0.4, -0.2) is 59.9 Å². The number of hydrogen-bond acceptors (Lipinski definition) is 3. The lowest BCUT2D eigenvalue weighted by Gasteiger charge is -2.37. The van der Waals surface area contributed by atoms with Crippen LogP contribution in [-0.2, 0) is 4.79 Å². The highest BCUT2D eigenvalue weighted by Crippen LogP contribution is 2.14. The topological polar surface area (TPSA) is 81.8 Å². The number of carbonyl (C=O) groups excluding carboxylic acids is 3. The number of piperazine rings is 1.